The summed E-state index contributed by atoms with van der Waals surface area (Å²) in [6.07, 6.45) is 0. The minimum Gasteiger partial charge on any atom is -0.477 e. The summed E-state index contributed by atoms with van der Waals surface area (Å²) in [7, 11) is -3.65. The molecule has 1 aromatic rings. The van der Waals surface area contributed by atoms with Crippen molar-refractivity contribution in [1.29, 1.82) is 0 Å². The van der Waals surface area contributed by atoms with Crippen molar-refractivity contribution in [1.82, 2.24) is 4.31 Å². The van der Waals surface area contributed by atoms with Gasteiger partial charge in [0.15, 0.2) is 0 Å². The molecule has 0 radical (unpaired) electrons. The van der Waals surface area contributed by atoms with Crippen LogP contribution in [-0.4, -0.2) is 49.1 Å². The summed E-state index contributed by atoms with van der Waals surface area (Å²) in [5.74, 6) is -1.12. The molecule has 0 spiro atoms. The molecule has 0 aromatic carbocycles. The molecular weight excluding hydrogens is 290 g/mol. The van der Waals surface area contributed by atoms with Crippen molar-refractivity contribution >= 4 is 27.3 Å². The van der Waals surface area contributed by atoms with E-state index in [1.165, 1.54) is 15.8 Å². The number of aromatic carboxylic acids is 1. The lowest BCUT2D eigenvalue weighted by molar-refractivity contribution is -0.0640. The molecule has 106 valence electrons. The molecule has 6 nitrogen and oxygen atoms in total. The van der Waals surface area contributed by atoms with Gasteiger partial charge in [-0.05, 0) is 19.9 Å². The highest BCUT2D eigenvalue weighted by Gasteiger charge is 2.35. The van der Waals surface area contributed by atoms with Crippen molar-refractivity contribution in [3.05, 3.63) is 16.3 Å². The lowest BCUT2D eigenvalue weighted by Crippen LogP contribution is -2.50. The number of carboxylic acid groups (broad SMARTS) is 1. The predicted molar refractivity (Wildman–Crippen MR) is 70.1 cm³/mol. The van der Waals surface area contributed by atoms with Gasteiger partial charge in [0.2, 0.25) is 10.0 Å². The number of hydrogen-bond acceptors (Lipinski definition) is 5. The third-order valence-corrected chi connectivity index (χ3v) is 5.70. The molecule has 2 rings (SSSR count). The molecule has 1 fully saturated rings. The number of hydrogen-bond donors (Lipinski definition) is 1. The summed E-state index contributed by atoms with van der Waals surface area (Å²) in [5, 5.41) is 10.2. The maximum Gasteiger partial charge on any atom is 0.345 e. The van der Waals surface area contributed by atoms with E-state index in [-0.39, 0.29) is 22.9 Å². The molecule has 0 amide bonds. The van der Waals surface area contributed by atoms with Crippen molar-refractivity contribution < 1.29 is 23.1 Å². The molecule has 0 saturated carbocycles. The minimum absolute atomic E-state index is 0.0195. The summed E-state index contributed by atoms with van der Waals surface area (Å²) in [6.45, 7) is 4.52. The first-order chi connectivity index (χ1) is 8.72. The standard InChI is InChI=1S/C11H15NO5S2/c1-11(2)7-12(3-4-17-11)19(15,16)8-5-9(10(13)14)18-6-8/h5-6H,3-4,7H2,1-2H3,(H,13,14). The van der Waals surface area contributed by atoms with Gasteiger partial charge in [-0.1, -0.05) is 0 Å². The third kappa shape index (κ3) is 2.97. The molecule has 0 unspecified atom stereocenters. The highest BCUT2D eigenvalue weighted by molar-refractivity contribution is 7.89. The molecule has 19 heavy (non-hydrogen) atoms. The molecule has 1 saturated heterocycles. The van der Waals surface area contributed by atoms with E-state index in [2.05, 4.69) is 0 Å². The number of sulfonamides is 1. The van der Waals surface area contributed by atoms with Crippen molar-refractivity contribution in [3.63, 3.8) is 0 Å². The van der Waals surface area contributed by atoms with Crippen LogP contribution in [0.1, 0.15) is 23.5 Å². The predicted octanol–water partition coefficient (Wildman–Crippen LogP) is 1.25. The van der Waals surface area contributed by atoms with Crippen molar-refractivity contribution in [2.45, 2.75) is 24.3 Å². The van der Waals surface area contributed by atoms with Crippen molar-refractivity contribution in [3.8, 4) is 0 Å². The molecule has 1 N–H and O–H groups in total. The normalized spacial score (nSPS) is 20.3. The van der Waals surface area contributed by atoms with Crippen LogP contribution in [0, 0.1) is 0 Å². The quantitative estimate of drug-likeness (QED) is 0.908. The molecule has 0 atom stereocenters. The van der Waals surface area contributed by atoms with Gasteiger partial charge in [0.1, 0.15) is 4.88 Å². The first-order valence-electron chi connectivity index (χ1n) is 5.68. The maximum absolute atomic E-state index is 12.4. The molecule has 1 aliphatic heterocycles. The first-order valence-corrected chi connectivity index (χ1v) is 8.00. The van der Waals surface area contributed by atoms with E-state index in [9.17, 15) is 13.2 Å². The number of morpholine rings is 1. The lowest BCUT2D eigenvalue weighted by atomic mass is 10.1. The smallest absolute Gasteiger partial charge is 0.345 e. The summed E-state index contributed by atoms with van der Waals surface area (Å²) < 4.78 is 31.6. The highest BCUT2D eigenvalue weighted by Crippen LogP contribution is 2.26. The zero-order chi connectivity index (χ0) is 14.3. The van der Waals surface area contributed by atoms with E-state index in [4.69, 9.17) is 9.84 Å². The molecule has 1 aromatic heterocycles. The van der Waals surface area contributed by atoms with E-state index in [0.29, 0.717) is 6.61 Å². The van der Waals surface area contributed by atoms with Crippen LogP contribution in [0.4, 0.5) is 0 Å². The Morgan fingerprint density at radius 2 is 2.21 bits per heavy atom. The number of carbonyl (C=O) groups is 1. The summed E-state index contributed by atoms with van der Waals surface area (Å²) in [4.78, 5) is 10.9. The SMILES string of the molecule is CC1(C)CN(S(=O)(=O)c2csc(C(=O)O)c2)CCO1. The average Bonchev–Trinajstić information content (AvgIpc) is 2.77. The molecule has 1 aliphatic rings. The zero-order valence-corrected chi connectivity index (χ0v) is 12.3. The van der Waals surface area contributed by atoms with Crippen LogP contribution in [0.2, 0.25) is 0 Å². The van der Waals surface area contributed by atoms with Crippen molar-refractivity contribution in [2.75, 3.05) is 19.7 Å². The van der Waals surface area contributed by atoms with E-state index in [1.807, 2.05) is 13.8 Å². The Morgan fingerprint density at radius 1 is 1.53 bits per heavy atom. The van der Waals surface area contributed by atoms with Gasteiger partial charge in [-0.2, -0.15) is 4.31 Å². The van der Waals surface area contributed by atoms with E-state index in [0.717, 1.165) is 11.3 Å². The minimum atomic E-state index is -3.65. The van der Waals surface area contributed by atoms with Crippen LogP contribution in [0.15, 0.2) is 16.3 Å². The summed E-state index contributed by atoms with van der Waals surface area (Å²) >= 11 is 0.912. The van der Waals surface area contributed by atoms with Crippen molar-refractivity contribution in [2.24, 2.45) is 0 Å². The Labute approximate surface area is 115 Å². The second-order valence-electron chi connectivity index (χ2n) is 4.90. The number of thiophene rings is 1. The van der Waals surface area contributed by atoms with Crippen LogP contribution in [0.5, 0.6) is 0 Å². The second-order valence-corrected chi connectivity index (χ2v) is 7.75. The fourth-order valence-electron chi connectivity index (χ4n) is 1.89. The van der Waals surface area contributed by atoms with E-state index < -0.39 is 21.6 Å². The zero-order valence-electron chi connectivity index (χ0n) is 10.6. The van der Waals surface area contributed by atoms with E-state index >= 15 is 0 Å². The third-order valence-electron chi connectivity index (χ3n) is 2.81. The van der Waals surface area contributed by atoms with Crippen LogP contribution >= 0.6 is 11.3 Å². The van der Waals surface area contributed by atoms with Gasteiger partial charge < -0.3 is 9.84 Å². The van der Waals surface area contributed by atoms with Crippen LogP contribution in [-0.2, 0) is 14.8 Å². The Bertz CT molecular complexity index is 590. The molecule has 8 heteroatoms. The van der Waals surface area contributed by atoms with Gasteiger partial charge in [0.05, 0.1) is 17.1 Å². The van der Waals surface area contributed by atoms with Gasteiger partial charge in [-0.15, -0.1) is 11.3 Å². The molecule has 0 aliphatic carbocycles. The number of rotatable bonds is 3. The first kappa shape index (κ1) is 14.4. The second kappa shape index (κ2) is 4.86. The van der Waals surface area contributed by atoms with Gasteiger partial charge in [0, 0.05) is 18.5 Å². The Morgan fingerprint density at radius 3 is 2.74 bits per heavy atom. The molecule has 0 bridgehead atoms. The Balaban J connectivity index is 2.28. The van der Waals surface area contributed by atoms with Crippen LogP contribution < -0.4 is 0 Å². The highest BCUT2D eigenvalue weighted by atomic mass is 32.2. The number of carboxylic acids is 1. The molecular formula is C11H15NO5S2. The number of nitrogens with zero attached hydrogens (tertiary/aromatic N) is 1. The van der Waals surface area contributed by atoms with Gasteiger partial charge in [-0.3, -0.25) is 0 Å². The van der Waals surface area contributed by atoms with Crippen LogP contribution in [0.3, 0.4) is 0 Å². The fraction of sp³-hybridized carbons (Fsp3) is 0.545. The lowest BCUT2D eigenvalue weighted by Gasteiger charge is -2.37. The average molecular weight is 305 g/mol. The van der Waals surface area contributed by atoms with Gasteiger partial charge in [-0.25, -0.2) is 13.2 Å². The topological polar surface area (TPSA) is 83.9 Å². The van der Waals surface area contributed by atoms with Gasteiger partial charge >= 0.3 is 5.97 Å². The largest absolute Gasteiger partial charge is 0.477 e. The molecule has 2 heterocycles. The van der Waals surface area contributed by atoms with Crippen LogP contribution in [0.25, 0.3) is 0 Å². The monoisotopic (exact) mass is 305 g/mol. The van der Waals surface area contributed by atoms with Gasteiger partial charge in [0.25, 0.3) is 0 Å². The Kier molecular flexibility index (Phi) is 3.69. The fourth-order valence-corrected chi connectivity index (χ4v) is 4.57. The summed E-state index contributed by atoms with van der Waals surface area (Å²) in [5.41, 5.74) is -0.531. The summed E-state index contributed by atoms with van der Waals surface area (Å²) in [6, 6.07) is 1.20. The van der Waals surface area contributed by atoms with E-state index in [1.54, 1.807) is 0 Å². The number of ether oxygens (including phenoxy) is 1. The maximum atomic E-state index is 12.4. The Hall–Kier alpha value is -0.960.